The highest BCUT2D eigenvalue weighted by Crippen LogP contribution is 2.33. The Labute approximate surface area is 117 Å². The lowest BCUT2D eigenvalue weighted by Crippen LogP contribution is -2.24. The van der Waals surface area contributed by atoms with E-state index in [9.17, 15) is 0 Å². The van der Waals surface area contributed by atoms with Gasteiger partial charge in [0.2, 0.25) is 5.95 Å². The number of anilines is 1. The molecule has 1 unspecified atom stereocenters. The zero-order chi connectivity index (χ0) is 13.4. The molecule has 1 aromatic heterocycles. The second kappa shape index (κ2) is 5.02. The Hall–Kier alpha value is -1.26. The first-order valence-electron chi connectivity index (χ1n) is 6.67. The summed E-state index contributed by atoms with van der Waals surface area (Å²) in [7, 11) is 0. The van der Waals surface area contributed by atoms with Crippen LogP contribution in [0, 0.1) is 5.92 Å². The van der Waals surface area contributed by atoms with Crippen LogP contribution in [0.5, 0.6) is 0 Å². The quantitative estimate of drug-likeness (QED) is 0.918. The third-order valence-electron chi connectivity index (χ3n) is 4.03. The van der Waals surface area contributed by atoms with Crippen LogP contribution in [0.3, 0.4) is 0 Å². The summed E-state index contributed by atoms with van der Waals surface area (Å²) in [5.41, 5.74) is 8.01. The largest absolute Gasteiger partial charge is 0.381 e. The normalized spacial score (nSPS) is 18.8. The number of hydrogen-bond acceptors (Lipinski definition) is 3. The Bertz CT molecular complexity index is 590. The lowest BCUT2D eigenvalue weighted by molar-refractivity contribution is 0.0521. The second-order valence-corrected chi connectivity index (χ2v) is 5.60. The van der Waals surface area contributed by atoms with Crippen molar-refractivity contribution in [2.45, 2.75) is 25.8 Å². The highest BCUT2D eigenvalue weighted by Gasteiger charge is 2.24. The first-order chi connectivity index (χ1) is 9.16. The van der Waals surface area contributed by atoms with E-state index in [1.54, 1.807) is 0 Å². The zero-order valence-corrected chi connectivity index (χ0v) is 11.7. The monoisotopic (exact) mass is 279 g/mol. The van der Waals surface area contributed by atoms with Gasteiger partial charge in [0.1, 0.15) is 0 Å². The van der Waals surface area contributed by atoms with Crippen molar-refractivity contribution in [1.29, 1.82) is 0 Å². The number of rotatable bonds is 2. The third kappa shape index (κ3) is 2.30. The molecule has 1 saturated heterocycles. The van der Waals surface area contributed by atoms with Crippen LogP contribution >= 0.6 is 11.6 Å². The maximum absolute atomic E-state index is 6.09. The molecule has 2 N–H and O–H groups in total. The van der Waals surface area contributed by atoms with Crippen molar-refractivity contribution in [3.8, 4) is 0 Å². The van der Waals surface area contributed by atoms with Crippen molar-refractivity contribution >= 4 is 28.6 Å². The molecular weight excluding hydrogens is 262 g/mol. The molecule has 1 aliphatic heterocycles. The van der Waals surface area contributed by atoms with Gasteiger partial charge in [-0.05, 0) is 43.9 Å². The number of imidazole rings is 1. The molecule has 19 heavy (non-hydrogen) atoms. The van der Waals surface area contributed by atoms with Gasteiger partial charge in [-0.2, -0.15) is 0 Å². The summed E-state index contributed by atoms with van der Waals surface area (Å²) >= 11 is 6.09. The molecule has 5 heteroatoms. The average Bonchev–Trinajstić information content (AvgIpc) is 2.74. The summed E-state index contributed by atoms with van der Waals surface area (Å²) < 4.78 is 7.54. The fourth-order valence-corrected chi connectivity index (χ4v) is 3.09. The molecule has 4 nitrogen and oxygen atoms in total. The van der Waals surface area contributed by atoms with Crippen molar-refractivity contribution < 1.29 is 4.74 Å². The van der Waals surface area contributed by atoms with Gasteiger partial charge < -0.3 is 15.0 Å². The predicted molar refractivity (Wildman–Crippen MR) is 77.4 cm³/mol. The van der Waals surface area contributed by atoms with E-state index in [1.807, 2.05) is 18.2 Å². The molecule has 1 aliphatic rings. The van der Waals surface area contributed by atoms with Crippen LogP contribution in [-0.2, 0) is 4.74 Å². The Morgan fingerprint density at radius 3 is 2.89 bits per heavy atom. The molecule has 1 fully saturated rings. The minimum atomic E-state index is 0.312. The topological polar surface area (TPSA) is 53.1 Å². The fraction of sp³-hybridized carbons (Fsp3) is 0.500. The van der Waals surface area contributed by atoms with E-state index in [0.717, 1.165) is 37.1 Å². The number of fused-ring (bicyclic) bond motifs is 1. The number of nitrogens with two attached hydrogens (primary N) is 1. The number of ether oxygens (including phenoxy) is 1. The molecule has 0 radical (unpaired) electrons. The second-order valence-electron chi connectivity index (χ2n) is 5.16. The van der Waals surface area contributed by atoms with Gasteiger partial charge >= 0.3 is 0 Å². The van der Waals surface area contributed by atoms with E-state index in [-0.39, 0.29) is 0 Å². The lowest BCUT2D eigenvalue weighted by Gasteiger charge is -2.29. The Kier molecular flexibility index (Phi) is 3.37. The Morgan fingerprint density at radius 2 is 2.16 bits per heavy atom. The van der Waals surface area contributed by atoms with Crippen molar-refractivity contribution in [2.75, 3.05) is 18.9 Å². The average molecular weight is 280 g/mol. The maximum atomic E-state index is 6.09. The molecule has 0 amide bonds. The van der Waals surface area contributed by atoms with E-state index in [4.69, 9.17) is 22.1 Å². The van der Waals surface area contributed by atoms with Crippen LogP contribution in [-0.4, -0.2) is 22.8 Å². The molecular formula is C14H18ClN3O. The molecule has 1 aromatic carbocycles. The van der Waals surface area contributed by atoms with Crippen molar-refractivity contribution in [1.82, 2.24) is 9.55 Å². The molecule has 102 valence electrons. The number of benzene rings is 1. The van der Waals surface area contributed by atoms with E-state index in [0.29, 0.717) is 22.9 Å². The molecule has 0 bridgehead atoms. The maximum Gasteiger partial charge on any atom is 0.201 e. The third-order valence-corrected chi connectivity index (χ3v) is 4.27. The van der Waals surface area contributed by atoms with Crippen LogP contribution < -0.4 is 5.73 Å². The smallest absolute Gasteiger partial charge is 0.201 e. The van der Waals surface area contributed by atoms with Crippen molar-refractivity contribution in [2.24, 2.45) is 5.92 Å². The first-order valence-corrected chi connectivity index (χ1v) is 7.05. The SMILES string of the molecule is CC(C1CCOCC1)n1c(N)nc2ccc(Cl)cc21. The number of aromatic nitrogens is 2. The van der Waals surface area contributed by atoms with Crippen LogP contribution in [0.1, 0.15) is 25.8 Å². The number of nitrogen functional groups attached to an aromatic ring is 1. The van der Waals surface area contributed by atoms with Gasteiger partial charge in [-0.15, -0.1) is 0 Å². The summed E-state index contributed by atoms with van der Waals surface area (Å²) in [5, 5.41) is 0.716. The first kappa shape index (κ1) is 12.8. The van der Waals surface area contributed by atoms with Gasteiger partial charge in [0.15, 0.2) is 0 Å². The van der Waals surface area contributed by atoms with Gasteiger partial charge in [-0.25, -0.2) is 4.98 Å². The minimum absolute atomic E-state index is 0.312. The number of nitrogens with zero attached hydrogens (tertiary/aromatic N) is 2. The summed E-state index contributed by atoms with van der Waals surface area (Å²) in [6.07, 6.45) is 2.14. The Balaban J connectivity index is 2.02. The molecule has 2 heterocycles. The summed E-state index contributed by atoms with van der Waals surface area (Å²) in [6, 6.07) is 6.02. The highest BCUT2D eigenvalue weighted by molar-refractivity contribution is 6.31. The van der Waals surface area contributed by atoms with Crippen LogP contribution in [0.15, 0.2) is 18.2 Å². The standard InChI is InChI=1S/C14H18ClN3O/c1-9(10-4-6-19-7-5-10)18-13-8-11(15)2-3-12(13)17-14(18)16/h2-3,8-10H,4-7H2,1H3,(H2,16,17). The summed E-state index contributed by atoms with van der Waals surface area (Å²) in [4.78, 5) is 4.42. The minimum Gasteiger partial charge on any atom is -0.381 e. The Morgan fingerprint density at radius 1 is 1.42 bits per heavy atom. The van der Waals surface area contributed by atoms with Crippen molar-refractivity contribution in [3.05, 3.63) is 23.2 Å². The molecule has 2 aromatic rings. The lowest BCUT2D eigenvalue weighted by atomic mass is 9.92. The van der Waals surface area contributed by atoms with E-state index >= 15 is 0 Å². The summed E-state index contributed by atoms with van der Waals surface area (Å²) in [6.45, 7) is 3.87. The zero-order valence-electron chi connectivity index (χ0n) is 11.0. The van der Waals surface area contributed by atoms with E-state index < -0.39 is 0 Å². The predicted octanol–water partition coefficient (Wildman–Crippen LogP) is 3.26. The van der Waals surface area contributed by atoms with Crippen LogP contribution in [0.2, 0.25) is 5.02 Å². The molecule has 3 rings (SSSR count). The van der Waals surface area contributed by atoms with Crippen molar-refractivity contribution in [3.63, 3.8) is 0 Å². The summed E-state index contributed by atoms with van der Waals surface area (Å²) in [5.74, 6) is 1.14. The van der Waals surface area contributed by atoms with Crippen LogP contribution in [0.4, 0.5) is 5.95 Å². The molecule has 1 atom stereocenters. The fourth-order valence-electron chi connectivity index (χ4n) is 2.92. The van der Waals surface area contributed by atoms with Gasteiger partial charge in [0.05, 0.1) is 11.0 Å². The number of halogens is 1. The van der Waals surface area contributed by atoms with Gasteiger partial charge in [0, 0.05) is 24.3 Å². The van der Waals surface area contributed by atoms with Gasteiger partial charge in [0.25, 0.3) is 0 Å². The van der Waals surface area contributed by atoms with Crippen LogP contribution in [0.25, 0.3) is 11.0 Å². The van der Waals surface area contributed by atoms with E-state index in [2.05, 4.69) is 16.5 Å². The number of hydrogen-bond donors (Lipinski definition) is 1. The molecule has 0 spiro atoms. The van der Waals surface area contributed by atoms with Gasteiger partial charge in [-0.3, -0.25) is 0 Å². The molecule has 0 aliphatic carbocycles. The van der Waals surface area contributed by atoms with E-state index in [1.165, 1.54) is 0 Å². The highest BCUT2D eigenvalue weighted by atomic mass is 35.5. The molecule has 0 saturated carbocycles. The van der Waals surface area contributed by atoms with Gasteiger partial charge in [-0.1, -0.05) is 11.6 Å².